The van der Waals surface area contributed by atoms with Gasteiger partial charge in [0.15, 0.2) is 5.96 Å². The molecule has 0 spiro atoms. The molecule has 1 amide bonds. The van der Waals surface area contributed by atoms with Gasteiger partial charge >= 0.3 is 0 Å². The summed E-state index contributed by atoms with van der Waals surface area (Å²) in [5, 5.41) is 6.24. The first-order chi connectivity index (χ1) is 14.2. The van der Waals surface area contributed by atoms with Gasteiger partial charge < -0.3 is 20.4 Å². The van der Waals surface area contributed by atoms with Gasteiger partial charge in [-0.3, -0.25) is 4.79 Å². The van der Waals surface area contributed by atoms with Crippen LogP contribution in [0.5, 0.6) is 0 Å². The van der Waals surface area contributed by atoms with Crippen LogP contribution < -0.4 is 15.5 Å². The van der Waals surface area contributed by atoms with E-state index in [1.165, 1.54) is 5.56 Å². The van der Waals surface area contributed by atoms with Gasteiger partial charge in [-0.05, 0) is 43.2 Å². The Morgan fingerprint density at radius 3 is 2.57 bits per heavy atom. The Labute approximate surface area is 196 Å². The van der Waals surface area contributed by atoms with Crippen LogP contribution in [0.15, 0.2) is 53.7 Å². The second kappa shape index (κ2) is 12.4. The quantitative estimate of drug-likeness (QED) is 0.347. The second-order valence-corrected chi connectivity index (χ2v) is 6.93. The largest absolute Gasteiger partial charge is 0.357 e. The van der Waals surface area contributed by atoms with Gasteiger partial charge in [-0.1, -0.05) is 25.1 Å². The number of pyridine rings is 1. The number of carbonyl (C=O) groups is 1. The minimum atomic E-state index is -0.110. The van der Waals surface area contributed by atoms with Crippen molar-refractivity contribution in [3.8, 4) is 0 Å². The average Bonchev–Trinajstić information content (AvgIpc) is 2.77. The first-order valence-corrected chi connectivity index (χ1v) is 10.3. The molecule has 1 aromatic carbocycles. The molecule has 1 saturated heterocycles. The van der Waals surface area contributed by atoms with E-state index in [0.29, 0.717) is 0 Å². The first-order valence-electron chi connectivity index (χ1n) is 10.3. The van der Waals surface area contributed by atoms with Gasteiger partial charge in [0.05, 0.1) is 0 Å². The van der Waals surface area contributed by atoms with Crippen LogP contribution in [0.25, 0.3) is 0 Å². The van der Waals surface area contributed by atoms with Crippen LogP contribution in [0.4, 0.5) is 11.5 Å². The van der Waals surface area contributed by atoms with Crippen molar-refractivity contribution in [3.05, 3.63) is 54.2 Å². The van der Waals surface area contributed by atoms with Crippen LogP contribution in [0, 0.1) is 0 Å². The number of hydrogen-bond donors (Lipinski definition) is 2. The Morgan fingerprint density at radius 1 is 1.10 bits per heavy atom. The van der Waals surface area contributed by atoms with Crippen LogP contribution in [0.3, 0.4) is 0 Å². The highest BCUT2D eigenvalue weighted by atomic mass is 127. The first kappa shape index (κ1) is 23.9. The summed E-state index contributed by atoms with van der Waals surface area (Å²) in [4.78, 5) is 25.8. The Hall–Kier alpha value is -2.36. The Balaban J connectivity index is 0.00000320. The summed E-state index contributed by atoms with van der Waals surface area (Å²) in [6.07, 6.45) is 2.76. The van der Waals surface area contributed by atoms with E-state index < -0.39 is 0 Å². The van der Waals surface area contributed by atoms with E-state index in [2.05, 4.69) is 43.4 Å². The van der Waals surface area contributed by atoms with Crippen molar-refractivity contribution < 1.29 is 4.79 Å². The maximum Gasteiger partial charge on any atom is 0.246 e. The molecule has 0 radical (unpaired) electrons. The van der Waals surface area contributed by atoms with E-state index in [0.717, 1.165) is 56.6 Å². The molecule has 0 saturated carbocycles. The molecule has 0 unspecified atom stereocenters. The number of hydrogen-bond acceptors (Lipinski definition) is 4. The number of guanidine groups is 1. The highest BCUT2D eigenvalue weighted by molar-refractivity contribution is 14.0. The van der Waals surface area contributed by atoms with Crippen molar-refractivity contribution in [3.63, 3.8) is 0 Å². The van der Waals surface area contributed by atoms with Crippen LogP contribution >= 0.6 is 24.0 Å². The normalized spacial score (nSPS) is 14.1. The van der Waals surface area contributed by atoms with E-state index in [1.54, 1.807) is 0 Å². The highest BCUT2D eigenvalue weighted by Gasteiger charge is 2.20. The molecule has 162 valence electrons. The third-order valence-electron chi connectivity index (χ3n) is 4.88. The maximum absolute atomic E-state index is 12.4. The topological polar surface area (TPSA) is 72.9 Å². The van der Waals surface area contributed by atoms with E-state index in [1.807, 2.05) is 49.5 Å². The number of rotatable bonds is 6. The third-order valence-corrected chi connectivity index (χ3v) is 4.88. The Morgan fingerprint density at radius 2 is 1.90 bits per heavy atom. The van der Waals surface area contributed by atoms with E-state index in [-0.39, 0.29) is 36.4 Å². The fourth-order valence-electron chi connectivity index (χ4n) is 3.33. The standard InChI is InChI=1S/C22H30N6O.HI/c1-3-18-8-7-9-19(16-18)26-21(29)17-25-22(23-4-2)28-14-12-27(13-15-28)20-10-5-6-11-24-20;/h5-11,16H,3-4,12-15,17H2,1-2H3,(H,23,25)(H,26,29);1H. The highest BCUT2D eigenvalue weighted by Crippen LogP contribution is 2.13. The molecular weight excluding hydrogens is 491 g/mol. The van der Waals surface area contributed by atoms with Gasteiger partial charge in [0.1, 0.15) is 12.4 Å². The zero-order chi connectivity index (χ0) is 20.5. The summed E-state index contributed by atoms with van der Waals surface area (Å²) in [7, 11) is 0. The second-order valence-electron chi connectivity index (χ2n) is 6.93. The lowest BCUT2D eigenvalue weighted by Gasteiger charge is -2.37. The molecule has 1 aliphatic heterocycles. The molecule has 2 aromatic rings. The average molecular weight is 522 g/mol. The zero-order valence-electron chi connectivity index (χ0n) is 17.7. The van der Waals surface area contributed by atoms with Crippen LogP contribution in [0.2, 0.25) is 0 Å². The van der Waals surface area contributed by atoms with Gasteiger partial charge in [-0.15, -0.1) is 24.0 Å². The van der Waals surface area contributed by atoms with Crippen LogP contribution in [-0.2, 0) is 11.2 Å². The summed E-state index contributed by atoms with van der Waals surface area (Å²) in [6.45, 7) is 8.41. The lowest BCUT2D eigenvalue weighted by Crippen LogP contribution is -2.53. The van der Waals surface area contributed by atoms with Crippen molar-refractivity contribution in [2.24, 2.45) is 4.99 Å². The van der Waals surface area contributed by atoms with Gasteiger partial charge in [0, 0.05) is 44.6 Å². The zero-order valence-corrected chi connectivity index (χ0v) is 20.0. The van der Waals surface area contributed by atoms with Crippen molar-refractivity contribution in [2.75, 3.05) is 49.5 Å². The van der Waals surface area contributed by atoms with Crippen LogP contribution in [-0.4, -0.2) is 61.0 Å². The fourth-order valence-corrected chi connectivity index (χ4v) is 3.33. The minimum Gasteiger partial charge on any atom is -0.357 e. The number of benzene rings is 1. The molecule has 0 atom stereocenters. The van der Waals surface area contributed by atoms with Crippen molar-refractivity contribution in [1.29, 1.82) is 0 Å². The van der Waals surface area contributed by atoms with Gasteiger partial charge in [0.2, 0.25) is 5.91 Å². The Kier molecular flexibility index (Phi) is 9.85. The number of halogens is 1. The molecule has 1 aromatic heterocycles. The molecular formula is C22H31IN6O. The van der Waals surface area contributed by atoms with Gasteiger partial charge in [-0.2, -0.15) is 0 Å². The lowest BCUT2D eigenvalue weighted by atomic mass is 10.1. The monoisotopic (exact) mass is 522 g/mol. The summed E-state index contributed by atoms with van der Waals surface area (Å²) in [5.41, 5.74) is 2.02. The number of piperazine rings is 1. The number of nitrogens with zero attached hydrogens (tertiary/aromatic N) is 4. The summed E-state index contributed by atoms with van der Waals surface area (Å²) in [6, 6.07) is 13.9. The molecule has 8 heteroatoms. The molecule has 3 rings (SSSR count). The summed E-state index contributed by atoms with van der Waals surface area (Å²) in [5.74, 6) is 1.68. The minimum absolute atomic E-state index is 0. The molecule has 30 heavy (non-hydrogen) atoms. The van der Waals surface area contributed by atoms with Crippen molar-refractivity contribution >= 4 is 47.3 Å². The predicted molar refractivity (Wildman–Crippen MR) is 134 cm³/mol. The fraction of sp³-hybridized carbons (Fsp3) is 0.409. The summed E-state index contributed by atoms with van der Waals surface area (Å²) >= 11 is 0. The van der Waals surface area contributed by atoms with Gasteiger partial charge in [-0.25, -0.2) is 9.98 Å². The van der Waals surface area contributed by atoms with Crippen LogP contribution in [0.1, 0.15) is 19.4 Å². The number of aromatic nitrogens is 1. The van der Waals surface area contributed by atoms with E-state index >= 15 is 0 Å². The van der Waals surface area contributed by atoms with E-state index in [4.69, 9.17) is 0 Å². The van der Waals surface area contributed by atoms with Crippen molar-refractivity contribution in [1.82, 2.24) is 15.2 Å². The molecule has 2 N–H and O–H groups in total. The Bertz CT molecular complexity index is 821. The molecule has 1 aliphatic rings. The van der Waals surface area contributed by atoms with E-state index in [9.17, 15) is 4.79 Å². The lowest BCUT2D eigenvalue weighted by molar-refractivity contribution is -0.114. The predicted octanol–water partition coefficient (Wildman–Crippen LogP) is 2.99. The summed E-state index contributed by atoms with van der Waals surface area (Å²) < 4.78 is 0. The number of aryl methyl sites for hydroxylation is 1. The maximum atomic E-state index is 12.4. The van der Waals surface area contributed by atoms with Gasteiger partial charge in [0.25, 0.3) is 0 Å². The molecule has 0 bridgehead atoms. The molecule has 2 heterocycles. The third kappa shape index (κ3) is 6.86. The number of aliphatic imine (C=N–C) groups is 1. The molecule has 0 aliphatic carbocycles. The number of nitrogens with one attached hydrogen (secondary N) is 2. The number of anilines is 2. The molecule has 7 nitrogen and oxygen atoms in total. The number of carbonyl (C=O) groups excluding carboxylic acids is 1. The number of amides is 1. The smallest absolute Gasteiger partial charge is 0.246 e. The molecule has 1 fully saturated rings. The van der Waals surface area contributed by atoms with Crippen molar-refractivity contribution in [2.45, 2.75) is 20.3 Å². The SMILES string of the molecule is CCNC(=NCC(=O)Nc1cccc(CC)c1)N1CCN(c2ccccn2)CC1.I.